The van der Waals surface area contributed by atoms with Crippen LogP contribution in [0.3, 0.4) is 0 Å². The number of halogens is 2. The zero-order valence-corrected chi connectivity index (χ0v) is 13.8. The van der Waals surface area contributed by atoms with Crippen LogP contribution in [-0.4, -0.2) is 13.2 Å². The number of hydrogen-bond acceptors (Lipinski definition) is 3. The van der Waals surface area contributed by atoms with Gasteiger partial charge in [0.2, 0.25) is 0 Å². The zero-order valence-electron chi connectivity index (χ0n) is 10.7. The average molecular weight is 399 g/mol. The van der Waals surface area contributed by atoms with E-state index in [0.29, 0.717) is 13.2 Å². The van der Waals surface area contributed by atoms with Crippen molar-refractivity contribution in [3.63, 3.8) is 0 Å². The number of nitrogens with one attached hydrogen (secondary N) is 1. The summed E-state index contributed by atoms with van der Waals surface area (Å²) in [5, 5.41) is 3.40. The first-order chi connectivity index (χ1) is 9.74. The molecule has 3 nitrogen and oxygen atoms in total. The molecule has 0 aliphatic carbocycles. The van der Waals surface area contributed by atoms with Crippen molar-refractivity contribution in [1.29, 1.82) is 0 Å². The molecule has 0 aromatic heterocycles. The number of hydrogen-bond donors (Lipinski definition) is 1. The Morgan fingerprint density at radius 2 is 1.80 bits per heavy atom. The fourth-order valence-corrected chi connectivity index (χ4v) is 3.10. The molecular weight excluding hydrogens is 386 g/mol. The van der Waals surface area contributed by atoms with Gasteiger partial charge in [-0.15, -0.1) is 0 Å². The van der Waals surface area contributed by atoms with Gasteiger partial charge in [-0.25, -0.2) is 0 Å². The molecule has 0 bridgehead atoms. The molecule has 3 rings (SSSR count). The van der Waals surface area contributed by atoms with Crippen LogP contribution in [0.2, 0.25) is 0 Å². The molecule has 0 fully saturated rings. The third-order valence-corrected chi connectivity index (χ3v) is 4.29. The van der Waals surface area contributed by atoms with E-state index in [-0.39, 0.29) is 0 Å². The van der Waals surface area contributed by atoms with E-state index in [9.17, 15) is 0 Å². The van der Waals surface area contributed by atoms with Gasteiger partial charge in [-0.1, -0.05) is 12.1 Å². The summed E-state index contributed by atoms with van der Waals surface area (Å²) >= 11 is 7.06. The molecule has 2 aromatic rings. The molecule has 5 heteroatoms. The summed E-state index contributed by atoms with van der Waals surface area (Å²) in [4.78, 5) is 0. The molecule has 1 aliphatic heterocycles. The summed E-state index contributed by atoms with van der Waals surface area (Å²) in [6.07, 6.45) is 0. The summed E-state index contributed by atoms with van der Waals surface area (Å²) in [7, 11) is 0. The highest BCUT2D eigenvalue weighted by Gasteiger charge is 2.16. The van der Waals surface area contributed by atoms with Crippen LogP contribution in [0.5, 0.6) is 11.5 Å². The van der Waals surface area contributed by atoms with Crippen LogP contribution in [0.1, 0.15) is 5.56 Å². The van der Waals surface area contributed by atoms with E-state index in [4.69, 9.17) is 9.47 Å². The monoisotopic (exact) mass is 397 g/mol. The van der Waals surface area contributed by atoms with E-state index >= 15 is 0 Å². The number of rotatable bonds is 3. The summed E-state index contributed by atoms with van der Waals surface area (Å²) < 4.78 is 13.2. The van der Waals surface area contributed by atoms with Crippen LogP contribution in [-0.2, 0) is 6.54 Å². The lowest BCUT2D eigenvalue weighted by molar-refractivity contribution is 0.170. The molecule has 104 valence electrons. The Kier molecular flexibility index (Phi) is 4.17. The highest BCUT2D eigenvalue weighted by molar-refractivity contribution is 9.11. The quantitative estimate of drug-likeness (QED) is 0.819. The maximum absolute atomic E-state index is 5.63. The van der Waals surface area contributed by atoms with Crippen molar-refractivity contribution in [3.8, 4) is 11.5 Å². The molecule has 0 radical (unpaired) electrons. The molecule has 0 spiro atoms. The highest BCUT2D eigenvalue weighted by Crippen LogP contribution is 2.38. The number of fused-ring (bicyclic) bond motifs is 1. The standard InChI is InChI=1S/C15H13Br2NO2/c16-11-3-1-2-4-13(11)18-9-10-7-12(17)15-14(8-10)19-5-6-20-15/h1-4,7-8,18H,5-6,9H2. The van der Waals surface area contributed by atoms with Crippen molar-refractivity contribution in [2.75, 3.05) is 18.5 Å². The van der Waals surface area contributed by atoms with Crippen LogP contribution in [0, 0.1) is 0 Å². The second kappa shape index (κ2) is 6.06. The van der Waals surface area contributed by atoms with E-state index in [1.165, 1.54) is 0 Å². The minimum atomic E-state index is 0.597. The number of para-hydroxylation sites is 1. The number of ether oxygens (including phenoxy) is 2. The van der Waals surface area contributed by atoms with Gasteiger partial charge in [0.1, 0.15) is 13.2 Å². The van der Waals surface area contributed by atoms with Gasteiger partial charge in [0.25, 0.3) is 0 Å². The molecule has 0 unspecified atom stereocenters. The largest absolute Gasteiger partial charge is 0.486 e. The molecule has 0 saturated carbocycles. The third-order valence-electron chi connectivity index (χ3n) is 3.01. The van der Waals surface area contributed by atoms with Crippen LogP contribution in [0.15, 0.2) is 45.3 Å². The van der Waals surface area contributed by atoms with E-state index < -0.39 is 0 Å². The predicted octanol–water partition coefficient (Wildman–Crippen LogP) is 4.59. The molecule has 1 heterocycles. The lowest BCUT2D eigenvalue weighted by Gasteiger charge is -2.20. The molecule has 0 atom stereocenters. The first-order valence-corrected chi connectivity index (χ1v) is 7.89. The Labute approximate surface area is 134 Å². The molecule has 2 aromatic carbocycles. The van der Waals surface area contributed by atoms with Gasteiger partial charge in [0.15, 0.2) is 11.5 Å². The Hall–Kier alpha value is -1.20. The van der Waals surface area contributed by atoms with Gasteiger partial charge in [0.05, 0.1) is 4.47 Å². The van der Waals surface area contributed by atoms with Crippen molar-refractivity contribution in [3.05, 3.63) is 50.9 Å². The van der Waals surface area contributed by atoms with Crippen LogP contribution < -0.4 is 14.8 Å². The Morgan fingerprint density at radius 1 is 1.00 bits per heavy atom. The number of benzene rings is 2. The lowest BCUT2D eigenvalue weighted by Crippen LogP contribution is -2.16. The van der Waals surface area contributed by atoms with Crippen LogP contribution in [0.4, 0.5) is 5.69 Å². The Balaban J connectivity index is 1.78. The zero-order chi connectivity index (χ0) is 13.9. The Morgan fingerprint density at radius 3 is 2.65 bits per heavy atom. The fraction of sp³-hybridized carbons (Fsp3) is 0.200. The van der Waals surface area contributed by atoms with Gasteiger partial charge in [-0.3, -0.25) is 0 Å². The third kappa shape index (κ3) is 2.94. The first-order valence-electron chi connectivity index (χ1n) is 6.30. The van der Waals surface area contributed by atoms with Gasteiger partial charge < -0.3 is 14.8 Å². The smallest absolute Gasteiger partial charge is 0.175 e. The van der Waals surface area contributed by atoms with Gasteiger partial charge >= 0.3 is 0 Å². The summed E-state index contributed by atoms with van der Waals surface area (Å²) in [5.74, 6) is 1.59. The van der Waals surface area contributed by atoms with Crippen molar-refractivity contribution in [2.24, 2.45) is 0 Å². The molecule has 0 saturated heterocycles. The minimum Gasteiger partial charge on any atom is -0.486 e. The first kappa shape index (κ1) is 13.8. The van der Waals surface area contributed by atoms with E-state index in [0.717, 1.165) is 38.2 Å². The molecule has 1 N–H and O–H groups in total. The molecule has 20 heavy (non-hydrogen) atoms. The maximum Gasteiger partial charge on any atom is 0.175 e. The van der Waals surface area contributed by atoms with Crippen molar-refractivity contribution in [1.82, 2.24) is 0 Å². The summed E-state index contributed by atoms with van der Waals surface area (Å²) in [6.45, 7) is 1.92. The van der Waals surface area contributed by atoms with Crippen LogP contribution >= 0.6 is 31.9 Å². The topological polar surface area (TPSA) is 30.5 Å². The predicted molar refractivity (Wildman–Crippen MR) is 86.6 cm³/mol. The average Bonchev–Trinajstić information content (AvgIpc) is 2.46. The normalized spacial score (nSPS) is 13.1. The van der Waals surface area contributed by atoms with E-state index in [1.54, 1.807) is 0 Å². The second-order valence-corrected chi connectivity index (χ2v) is 6.14. The van der Waals surface area contributed by atoms with Crippen LogP contribution in [0.25, 0.3) is 0 Å². The fourth-order valence-electron chi connectivity index (χ4n) is 2.07. The van der Waals surface area contributed by atoms with Crippen molar-refractivity contribution < 1.29 is 9.47 Å². The van der Waals surface area contributed by atoms with E-state index in [1.807, 2.05) is 30.3 Å². The van der Waals surface area contributed by atoms with Crippen molar-refractivity contribution in [2.45, 2.75) is 6.54 Å². The second-order valence-electron chi connectivity index (χ2n) is 4.44. The summed E-state index contributed by atoms with van der Waals surface area (Å²) in [5.41, 5.74) is 2.20. The van der Waals surface area contributed by atoms with Crippen molar-refractivity contribution >= 4 is 37.5 Å². The summed E-state index contributed by atoms with van der Waals surface area (Å²) in [6, 6.07) is 12.1. The van der Waals surface area contributed by atoms with Gasteiger partial charge in [0, 0.05) is 16.7 Å². The SMILES string of the molecule is Brc1ccccc1NCc1cc(Br)c2c(c1)OCCO2. The maximum atomic E-state index is 5.63. The molecular formula is C15H13Br2NO2. The lowest BCUT2D eigenvalue weighted by atomic mass is 10.2. The Bertz CT molecular complexity index is 631. The molecule has 1 aliphatic rings. The van der Waals surface area contributed by atoms with Gasteiger partial charge in [-0.2, -0.15) is 0 Å². The minimum absolute atomic E-state index is 0.597. The molecule has 0 amide bonds. The van der Waals surface area contributed by atoms with E-state index in [2.05, 4.69) is 43.2 Å². The highest BCUT2D eigenvalue weighted by atomic mass is 79.9. The van der Waals surface area contributed by atoms with Gasteiger partial charge in [-0.05, 0) is 61.7 Å². The number of anilines is 1.